The van der Waals surface area contributed by atoms with Crippen molar-refractivity contribution >= 4 is 46.5 Å². The summed E-state index contributed by atoms with van der Waals surface area (Å²) >= 11 is 0. The Kier molecular flexibility index (Phi) is 3.57. The van der Waals surface area contributed by atoms with Crippen molar-refractivity contribution in [2.45, 2.75) is 0 Å². The number of fused-ring (bicyclic) bond motifs is 1. The van der Waals surface area contributed by atoms with Crippen molar-refractivity contribution in [3.8, 4) is 0 Å². The van der Waals surface area contributed by atoms with Crippen LogP contribution in [0.3, 0.4) is 0 Å². The fraction of sp³-hybridized carbons (Fsp3) is 0. The molecule has 0 bridgehead atoms. The molecule has 1 amide bonds. The smallest absolute Gasteiger partial charge is 0.250 e. The van der Waals surface area contributed by atoms with Gasteiger partial charge in [-0.3, -0.25) is 14.8 Å². The normalized spacial score (nSPS) is 9.43. The Morgan fingerprint density at radius 2 is 1.93 bits per heavy atom. The quantitative estimate of drug-likeness (QED) is 0.669. The zero-order valence-corrected chi connectivity index (χ0v) is 9.77. The van der Waals surface area contributed by atoms with E-state index >= 15 is 0 Å². The van der Waals surface area contributed by atoms with Crippen LogP contribution in [0, 0.1) is 0 Å². The Hall–Kier alpha value is -0.970. The van der Waals surface area contributed by atoms with Crippen molar-refractivity contribution in [2.75, 3.05) is 0 Å². The number of primary amides is 1. The Morgan fingerprint density at radius 1 is 1.21 bits per heavy atom. The maximum Gasteiger partial charge on any atom is 0.250 e. The third kappa shape index (κ3) is 1.92. The monoisotopic (exact) mass is 196 g/mol. The first-order valence-electron chi connectivity index (χ1n) is 3.78. The number of hydrogen-bond donors (Lipinski definition) is 1. The van der Waals surface area contributed by atoms with Gasteiger partial charge in [0, 0.05) is 42.0 Å². The summed E-state index contributed by atoms with van der Waals surface area (Å²) in [7, 11) is 0. The summed E-state index contributed by atoms with van der Waals surface area (Å²) in [5, 5.41) is 0. The summed E-state index contributed by atoms with van der Waals surface area (Å²) in [5.41, 5.74) is 6.81. The van der Waals surface area contributed by atoms with Gasteiger partial charge in [-0.25, -0.2) is 0 Å². The van der Waals surface area contributed by atoms with Crippen LogP contribution < -0.4 is 5.73 Å². The second kappa shape index (κ2) is 4.50. The van der Waals surface area contributed by atoms with Crippen LogP contribution in [0.5, 0.6) is 0 Å². The van der Waals surface area contributed by atoms with Gasteiger partial charge in [0.25, 0.3) is 5.91 Å². The molecular formula is C9H7N3NaO. The molecule has 0 atom stereocenters. The average Bonchev–Trinajstić information content (AvgIpc) is 2.17. The van der Waals surface area contributed by atoms with Gasteiger partial charge in [0.2, 0.25) is 0 Å². The molecule has 1 aromatic heterocycles. The molecule has 0 aliphatic carbocycles. The van der Waals surface area contributed by atoms with E-state index in [9.17, 15) is 4.79 Å². The number of nitrogens with two attached hydrogens (primary N) is 1. The maximum absolute atomic E-state index is 11.0. The molecule has 0 aliphatic heterocycles. The van der Waals surface area contributed by atoms with Gasteiger partial charge in [-0.05, 0) is 12.1 Å². The third-order valence-corrected chi connectivity index (χ3v) is 1.76. The SMILES string of the molecule is NC(=O)c1cccc2nccnc12.[Na]. The van der Waals surface area contributed by atoms with Crippen LogP contribution >= 0.6 is 0 Å². The van der Waals surface area contributed by atoms with E-state index in [2.05, 4.69) is 9.97 Å². The molecule has 1 aromatic carbocycles. The minimum Gasteiger partial charge on any atom is -0.366 e. The number of nitrogens with zero attached hydrogens (tertiary/aromatic N) is 2. The number of carbonyl (C=O) groups is 1. The molecule has 5 heteroatoms. The van der Waals surface area contributed by atoms with Gasteiger partial charge in [-0.2, -0.15) is 0 Å². The van der Waals surface area contributed by atoms with E-state index in [0.717, 1.165) is 0 Å². The van der Waals surface area contributed by atoms with Crippen molar-refractivity contribution in [1.82, 2.24) is 9.97 Å². The van der Waals surface area contributed by atoms with E-state index in [1.165, 1.54) is 6.20 Å². The molecule has 0 fully saturated rings. The Balaban J connectivity index is 0.000000980. The first-order valence-corrected chi connectivity index (χ1v) is 3.78. The molecule has 65 valence electrons. The topological polar surface area (TPSA) is 68.9 Å². The van der Waals surface area contributed by atoms with Gasteiger partial charge in [0.15, 0.2) is 0 Å². The average molecular weight is 196 g/mol. The van der Waals surface area contributed by atoms with E-state index in [-0.39, 0.29) is 29.6 Å². The number of rotatable bonds is 1. The summed E-state index contributed by atoms with van der Waals surface area (Å²) in [6, 6.07) is 5.16. The fourth-order valence-electron chi connectivity index (χ4n) is 1.19. The molecule has 1 radical (unpaired) electrons. The van der Waals surface area contributed by atoms with Gasteiger partial charge in [0.1, 0.15) is 5.52 Å². The Bertz CT molecular complexity index is 467. The summed E-state index contributed by atoms with van der Waals surface area (Å²) in [6.45, 7) is 0. The number of hydrogen-bond acceptors (Lipinski definition) is 3. The van der Waals surface area contributed by atoms with Crippen molar-refractivity contribution < 1.29 is 4.79 Å². The zero-order valence-electron chi connectivity index (χ0n) is 7.77. The second-order valence-electron chi connectivity index (χ2n) is 2.59. The van der Waals surface area contributed by atoms with Crippen LogP contribution in [0.1, 0.15) is 10.4 Å². The number of para-hydroxylation sites is 1. The number of aromatic nitrogens is 2. The molecule has 0 spiro atoms. The predicted molar refractivity (Wildman–Crippen MR) is 53.8 cm³/mol. The van der Waals surface area contributed by atoms with Crippen LogP contribution in [0.15, 0.2) is 30.6 Å². The van der Waals surface area contributed by atoms with Crippen molar-refractivity contribution in [1.29, 1.82) is 0 Å². The molecule has 2 rings (SSSR count). The van der Waals surface area contributed by atoms with Gasteiger partial charge >= 0.3 is 0 Å². The van der Waals surface area contributed by atoms with E-state index < -0.39 is 5.91 Å². The molecular weight excluding hydrogens is 189 g/mol. The van der Waals surface area contributed by atoms with Crippen molar-refractivity contribution in [3.63, 3.8) is 0 Å². The molecule has 0 saturated carbocycles. The third-order valence-electron chi connectivity index (χ3n) is 1.76. The standard InChI is InChI=1S/C9H7N3O.Na/c10-9(13)6-2-1-3-7-8(6)12-5-4-11-7;/h1-5H,(H2,10,13);. The van der Waals surface area contributed by atoms with Crippen LogP contribution in [0.2, 0.25) is 0 Å². The molecule has 14 heavy (non-hydrogen) atoms. The largest absolute Gasteiger partial charge is 0.366 e. The number of carbonyl (C=O) groups excluding carboxylic acids is 1. The van der Waals surface area contributed by atoms with Gasteiger partial charge in [-0.15, -0.1) is 0 Å². The van der Waals surface area contributed by atoms with E-state index in [1.807, 2.05) is 0 Å². The Morgan fingerprint density at radius 3 is 2.64 bits per heavy atom. The van der Waals surface area contributed by atoms with Crippen LogP contribution in [-0.4, -0.2) is 45.4 Å². The molecule has 0 aliphatic rings. The van der Waals surface area contributed by atoms with E-state index in [1.54, 1.807) is 24.4 Å². The van der Waals surface area contributed by atoms with E-state index in [0.29, 0.717) is 16.6 Å². The zero-order chi connectivity index (χ0) is 9.26. The van der Waals surface area contributed by atoms with E-state index in [4.69, 9.17) is 5.73 Å². The van der Waals surface area contributed by atoms with Crippen LogP contribution in [0.25, 0.3) is 11.0 Å². The maximum atomic E-state index is 11.0. The second-order valence-corrected chi connectivity index (χ2v) is 2.59. The molecule has 0 unspecified atom stereocenters. The van der Waals surface area contributed by atoms with Gasteiger partial charge < -0.3 is 5.73 Å². The summed E-state index contributed by atoms with van der Waals surface area (Å²) in [5.74, 6) is -0.480. The summed E-state index contributed by atoms with van der Waals surface area (Å²) < 4.78 is 0. The fourth-order valence-corrected chi connectivity index (χ4v) is 1.19. The number of benzene rings is 1. The molecule has 4 nitrogen and oxygen atoms in total. The molecule has 2 N–H and O–H groups in total. The first kappa shape index (κ1) is 11.1. The van der Waals surface area contributed by atoms with Gasteiger partial charge in [-0.1, -0.05) is 6.07 Å². The minimum absolute atomic E-state index is 0. The van der Waals surface area contributed by atoms with Gasteiger partial charge in [0.05, 0.1) is 11.1 Å². The van der Waals surface area contributed by atoms with Crippen molar-refractivity contribution in [3.05, 3.63) is 36.2 Å². The Labute approximate surface area is 103 Å². The summed E-state index contributed by atoms with van der Waals surface area (Å²) in [6.07, 6.45) is 3.11. The summed E-state index contributed by atoms with van der Waals surface area (Å²) in [4.78, 5) is 19.1. The first-order chi connectivity index (χ1) is 6.29. The molecule has 2 aromatic rings. The predicted octanol–water partition coefficient (Wildman–Crippen LogP) is 0.348. The van der Waals surface area contributed by atoms with Crippen LogP contribution in [-0.2, 0) is 0 Å². The number of amides is 1. The van der Waals surface area contributed by atoms with Crippen LogP contribution in [0.4, 0.5) is 0 Å². The minimum atomic E-state index is -0.480. The molecule has 0 saturated heterocycles. The molecule has 1 heterocycles. The van der Waals surface area contributed by atoms with Crippen molar-refractivity contribution in [2.24, 2.45) is 5.73 Å².